The number of hydrogen-bond acceptors (Lipinski definition) is 6. The van der Waals surface area contributed by atoms with E-state index in [4.69, 9.17) is 4.74 Å². The van der Waals surface area contributed by atoms with Crippen LogP contribution >= 0.6 is 0 Å². The summed E-state index contributed by atoms with van der Waals surface area (Å²) in [6, 6.07) is 3.99. The first kappa shape index (κ1) is 20.3. The Balaban J connectivity index is 1.27. The Bertz CT molecular complexity index is 1100. The zero-order valence-corrected chi connectivity index (χ0v) is 19.4. The number of likely N-dealkylation sites (tertiary alicyclic amines) is 2. The summed E-state index contributed by atoms with van der Waals surface area (Å²) >= 11 is 0. The molecule has 2 saturated heterocycles. The molecule has 1 aromatic carbocycles. The fourth-order valence-electron chi connectivity index (χ4n) is 7.50. The SMILES string of the molecule is Cc1cnn(CCN2CC[C@@]3(O)[C@H]4Cc5ccc(O)c6c5[C@@]3(CCN4CC3CC3)[C@H](C2)O6)c1. The number of ether oxygens (including phenoxy) is 1. The molecule has 1 aromatic heterocycles. The molecule has 33 heavy (non-hydrogen) atoms. The molecular weight excluding hydrogens is 416 g/mol. The Kier molecular flexibility index (Phi) is 4.28. The molecule has 2 N–H and O–H groups in total. The lowest BCUT2D eigenvalue weighted by atomic mass is 9.52. The van der Waals surface area contributed by atoms with Crippen LogP contribution in [-0.4, -0.2) is 80.3 Å². The predicted molar refractivity (Wildman–Crippen MR) is 124 cm³/mol. The van der Waals surface area contributed by atoms with E-state index in [-0.39, 0.29) is 17.9 Å². The molecule has 0 unspecified atom stereocenters. The minimum absolute atomic E-state index is 0.120. The number of aromatic hydroxyl groups is 1. The second-order valence-corrected chi connectivity index (χ2v) is 11.2. The second-order valence-electron chi connectivity index (χ2n) is 11.2. The third kappa shape index (κ3) is 2.82. The lowest BCUT2D eigenvalue weighted by molar-refractivity contribution is -0.162. The Hall–Kier alpha value is -2.09. The molecule has 3 fully saturated rings. The maximum absolute atomic E-state index is 12.6. The van der Waals surface area contributed by atoms with E-state index < -0.39 is 11.0 Å². The number of nitrogens with zero attached hydrogens (tertiary/aromatic N) is 4. The number of phenols is 1. The molecule has 4 heterocycles. The van der Waals surface area contributed by atoms with Gasteiger partial charge in [-0.3, -0.25) is 14.5 Å². The van der Waals surface area contributed by atoms with Gasteiger partial charge in [0.2, 0.25) is 0 Å². The van der Waals surface area contributed by atoms with E-state index in [1.807, 2.05) is 10.9 Å². The summed E-state index contributed by atoms with van der Waals surface area (Å²) < 4.78 is 8.58. The van der Waals surface area contributed by atoms with Crippen molar-refractivity contribution in [1.29, 1.82) is 0 Å². The number of phenolic OH excluding ortho intramolecular Hbond substituents is 1. The van der Waals surface area contributed by atoms with Crippen molar-refractivity contribution in [1.82, 2.24) is 19.6 Å². The summed E-state index contributed by atoms with van der Waals surface area (Å²) in [5, 5.41) is 27.8. The van der Waals surface area contributed by atoms with Gasteiger partial charge in [-0.05, 0) is 68.7 Å². The molecule has 5 aliphatic rings. The molecule has 1 saturated carbocycles. The van der Waals surface area contributed by atoms with Gasteiger partial charge in [0.1, 0.15) is 6.10 Å². The zero-order chi connectivity index (χ0) is 22.4. The van der Waals surface area contributed by atoms with Crippen molar-refractivity contribution in [2.24, 2.45) is 5.92 Å². The molecule has 0 amide bonds. The van der Waals surface area contributed by atoms with Crippen LogP contribution in [0.4, 0.5) is 0 Å². The summed E-state index contributed by atoms with van der Waals surface area (Å²) in [7, 11) is 0. The first-order valence-corrected chi connectivity index (χ1v) is 12.7. The summed E-state index contributed by atoms with van der Waals surface area (Å²) in [6.45, 7) is 7.50. The third-order valence-electron chi connectivity index (χ3n) is 9.28. The molecule has 3 aliphatic heterocycles. The van der Waals surface area contributed by atoms with Crippen LogP contribution in [-0.2, 0) is 18.4 Å². The number of aliphatic hydroxyl groups is 1. The molecule has 7 heteroatoms. The summed E-state index contributed by atoms with van der Waals surface area (Å²) in [5.41, 5.74) is 2.28. The van der Waals surface area contributed by atoms with E-state index >= 15 is 0 Å². The maximum atomic E-state index is 12.6. The van der Waals surface area contributed by atoms with E-state index in [1.54, 1.807) is 6.07 Å². The van der Waals surface area contributed by atoms with Crippen LogP contribution in [0.1, 0.15) is 42.4 Å². The second kappa shape index (κ2) is 6.96. The zero-order valence-electron chi connectivity index (χ0n) is 19.4. The van der Waals surface area contributed by atoms with Gasteiger partial charge >= 0.3 is 0 Å². The van der Waals surface area contributed by atoms with Crippen LogP contribution in [0.25, 0.3) is 0 Å². The van der Waals surface area contributed by atoms with Crippen LogP contribution in [0.2, 0.25) is 0 Å². The molecule has 0 radical (unpaired) electrons. The fourth-order valence-corrected chi connectivity index (χ4v) is 7.50. The van der Waals surface area contributed by atoms with Gasteiger partial charge in [0.05, 0.1) is 23.8 Å². The van der Waals surface area contributed by atoms with Gasteiger partial charge in [-0.25, -0.2) is 0 Å². The van der Waals surface area contributed by atoms with E-state index in [0.29, 0.717) is 5.75 Å². The van der Waals surface area contributed by atoms with Crippen molar-refractivity contribution in [3.05, 3.63) is 41.2 Å². The maximum Gasteiger partial charge on any atom is 0.165 e. The topological polar surface area (TPSA) is 74.0 Å². The van der Waals surface area contributed by atoms with Gasteiger partial charge in [-0.1, -0.05) is 6.07 Å². The molecule has 4 atom stereocenters. The van der Waals surface area contributed by atoms with Crippen LogP contribution in [0.3, 0.4) is 0 Å². The largest absolute Gasteiger partial charge is 0.504 e. The summed E-state index contributed by atoms with van der Waals surface area (Å²) in [6.07, 6.45) is 8.98. The fraction of sp³-hybridized carbons (Fsp3) is 0.654. The Labute approximate surface area is 194 Å². The van der Waals surface area contributed by atoms with E-state index in [0.717, 1.165) is 70.0 Å². The van der Waals surface area contributed by atoms with Gasteiger partial charge < -0.3 is 14.9 Å². The van der Waals surface area contributed by atoms with Crippen molar-refractivity contribution in [3.8, 4) is 11.5 Å². The average molecular weight is 451 g/mol. The number of piperidine rings is 1. The van der Waals surface area contributed by atoms with Crippen molar-refractivity contribution >= 4 is 0 Å². The first-order valence-electron chi connectivity index (χ1n) is 12.7. The van der Waals surface area contributed by atoms with Crippen molar-refractivity contribution in [2.75, 3.05) is 32.7 Å². The van der Waals surface area contributed by atoms with Gasteiger partial charge in [0.15, 0.2) is 11.5 Å². The molecule has 176 valence electrons. The first-order chi connectivity index (χ1) is 16.0. The normalized spacial score (nSPS) is 35.2. The quantitative estimate of drug-likeness (QED) is 0.727. The molecule has 2 aromatic rings. The molecule has 2 bridgehead atoms. The minimum atomic E-state index is -0.839. The number of hydrogen-bond donors (Lipinski definition) is 2. The van der Waals surface area contributed by atoms with Gasteiger partial charge in [0, 0.05) is 44.0 Å². The average Bonchev–Trinajstić information content (AvgIpc) is 3.44. The minimum Gasteiger partial charge on any atom is -0.504 e. The van der Waals surface area contributed by atoms with Crippen molar-refractivity contribution < 1.29 is 14.9 Å². The van der Waals surface area contributed by atoms with Gasteiger partial charge in [-0.15, -0.1) is 0 Å². The molecule has 7 rings (SSSR count). The van der Waals surface area contributed by atoms with Gasteiger partial charge in [0.25, 0.3) is 0 Å². The van der Waals surface area contributed by atoms with Crippen molar-refractivity contribution in [2.45, 2.75) is 68.7 Å². The lowest BCUT2D eigenvalue weighted by Crippen LogP contribution is -2.74. The third-order valence-corrected chi connectivity index (χ3v) is 9.28. The number of aromatic nitrogens is 2. The number of benzene rings is 1. The van der Waals surface area contributed by atoms with Crippen LogP contribution in [0.5, 0.6) is 11.5 Å². The summed E-state index contributed by atoms with van der Waals surface area (Å²) in [4.78, 5) is 5.03. The van der Waals surface area contributed by atoms with Crippen molar-refractivity contribution in [3.63, 3.8) is 0 Å². The smallest absolute Gasteiger partial charge is 0.165 e. The van der Waals surface area contributed by atoms with Gasteiger partial charge in [-0.2, -0.15) is 5.10 Å². The highest BCUT2D eigenvalue weighted by Crippen LogP contribution is 2.63. The predicted octanol–water partition coefficient (Wildman–Crippen LogP) is 2.07. The van der Waals surface area contributed by atoms with E-state index in [2.05, 4.69) is 34.1 Å². The van der Waals surface area contributed by atoms with E-state index in [1.165, 1.54) is 24.0 Å². The summed E-state index contributed by atoms with van der Waals surface area (Å²) in [5.74, 6) is 1.65. The molecule has 1 spiro atoms. The van der Waals surface area contributed by atoms with Crippen LogP contribution in [0, 0.1) is 12.8 Å². The molecule has 7 nitrogen and oxygen atoms in total. The number of aryl methyl sites for hydroxylation is 1. The lowest BCUT2D eigenvalue weighted by Gasteiger charge is -2.60. The number of rotatable bonds is 5. The molecule has 2 aliphatic carbocycles. The highest BCUT2D eigenvalue weighted by atomic mass is 16.5. The molecular formula is C26H34N4O3. The van der Waals surface area contributed by atoms with Crippen LogP contribution in [0.15, 0.2) is 24.5 Å². The highest BCUT2D eigenvalue weighted by Gasteiger charge is 2.70. The van der Waals surface area contributed by atoms with Crippen LogP contribution < -0.4 is 4.74 Å². The monoisotopic (exact) mass is 450 g/mol. The Morgan fingerprint density at radius 2 is 2.06 bits per heavy atom. The Morgan fingerprint density at radius 1 is 1.18 bits per heavy atom. The standard InChI is InChI=1S/C26H34N4O3/c1-17-13-27-30(14-17)11-10-28-8-7-26(32)21-12-19-4-5-20(31)24-23(19)25(26,22(16-28)33-24)6-9-29(21)15-18-2-3-18/h4-5,13-14,18,21-22,31-32H,2-3,6-12,15-16H2,1H3/t21-,22+,25-,26-/m1/s1. The Morgan fingerprint density at radius 3 is 2.85 bits per heavy atom. The van der Waals surface area contributed by atoms with E-state index in [9.17, 15) is 10.2 Å². The highest BCUT2D eigenvalue weighted by molar-refractivity contribution is 5.62.